The second-order valence-corrected chi connectivity index (χ2v) is 3.99. The number of hydrogen-bond donors (Lipinski definition) is 0. The number of aldehydes is 1. The fourth-order valence-corrected chi connectivity index (χ4v) is 1.86. The van der Waals surface area contributed by atoms with Gasteiger partial charge in [0, 0.05) is 15.6 Å². The van der Waals surface area contributed by atoms with Gasteiger partial charge in [-0.2, -0.15) is 8.78 Å². The van der Waals surface area contributed by atoms with Crippen LogP contribution in [0.2, 0.25) is 0 Å². The molecule has 0 saturated carbocycles. The Bertz CT molecular complexity index is 463. The zero-order valence-electron chi connectivity index (χ0n) is 9.28. The van der Waals surface area contributed by atoms with Crippen LogP contribution in [0.15, 0.2) is 16.6 Å². The number of halogens is 3. The van der Waals surface area contributed by atoms with Gasteiger partial charge in [-0.25, -0.2) is 0 Å². The molecule has 1 rings (SSSR count). The molecule has 0 spiro atoms. The summed E-state index contributed by atoms with van der Waals surface area (Å²) in [4.78, 5) is 21.9. The zero-order chi connectivity index (χ0) is 13.7. The van der Waals surface area contributed by atoms with Crippen LogP contribution in [0, 0.1) is 0 Å². The molecule has 4 nitrogen and oxygen atoms in total. The molecule has 7 heteroatoms. The smallest absolute Gasteiger partial charge is 0.387 e. The van der Waals surface area contributed by atoms with Crippen LogP contribution in [-0.2, 0) is 16.0 Å². The molecule has 0 aliphatic heterocycles. The molecular formula is C11H9BrF2O4. The van der Waals surface area contributed by atoms with E-state index in [1.165, 1.54) is 19.2 Å². The minimum Gasteiger partial charge on any atom is -0.469 e. The predicted octanol–water partition coefficient (Wildman–Crippen LogP) is 2.58. The van der Waals surface area contributed by atoms with Gasteiger partial charge < -0.3 is 9.47 Å². The lowest BCUT2D eigenvalue weighted by Crippen LogP contribution is -2.10. The first-order valence-corrected chi connectivity index (χ1v) is 5.57. The third kappa shape index (κ3) is 3.49. The molecule has 0 saturated heterocycles. The summed E-state index contributed by atoms with van der Waals surface area (Å²) < 4.78 is 33.4. The van der Waals surface area contributed by atoms with E-state index in [4.69, 9.17) is 0 Å². The second-order valence-electron chi connectivity index (χ2n) is 3.19. The molecule has 0 aromatic heterocycles. The average molecular weight is 323 g/mol. The van der Waals surface area contributed by atoms with Gasteiger partial charge in [-0.05, 0) is 28.1 Å². The van der Waals surface area contributed by atoms with Crippen molar-refractivity contribution in [1.82, 2.24) is 0 Å². The summed E-state index contributed by atoms with van der Waals surface area (Å²) in [5, 5.41) is 0. The van der Waals surface area contributed by atoms with Crippen LogP contribution >= 0.6 is 15.9 Å². The molecular weight excluding hydrogens is 314 g/mol. The molecule has 0 N–H and O–H groups in total. The minimum absolute atomic E-state index is 0.145. The Balaban J connectivity index is 3.21. The van der Waals surface area contributed by atoms with Crippen LogP contribution in [0.1, 0.15) is 15.9 Å². The molecule has 1 aromatic carbocycles. The van der Waals surface area contributed by atoms with Gasteiger partial charge in [0.05, 0.1) is 13.5 Å². The summed E-state index contributed by atoms with van der Waals surface area (Å²) in [7, 11) is 1.17. The summed E-state index contributed by atoms with van der Waals surface area (Å²) in [6.07, 6.45) is 0.262. The Kier molecular flexibility index (Phi) is 5.21. The van der Waals surface area contributed by atoms with Crippen LogP contribution in [0.25, 0.3) is 0 Å². The summed E-state index contributed by atoms with van der Waals surface area (Å²) in [6, 6.07) is 2.52. The van der Waals surface area contributed by atoms with Crippen molar-refractivity contribution < 1.29 is 27.8 Å². The maximum absolute atomic E-state index is 12.2. The Morgan fingerprint density at radius 2 is 2.17 bits per heavy atom. The normalized spacial score (nSPS) is 10.3. The lowest BCUT2D eigenvalue weighted by Gasteiger charge is -2.12. The molecule has 0 bridgehead atoms. The van der Waals surface area contributed by atoms with E-state index < -0.39 is 12.6 Å². The van der Waals surface area contributed by atoms with E-state index in [2.05, 4.69) is 25.4 Å². The molecule has 0 atom stereocenters. The quantitative estimate of drug-likeness (QED) is 0.617. The van der Waals surface area contributed by atoms with Gasteiger partial charge in [0.15, 0.2) is 6.29 Å². The number of ether oxygens (including phenoxy) is 2. The van der Waals surface area contributed by atoms with E-state index in [9.17, 15) is 18.4 Å². The van der Waals surface area contributed by atoms with E-state index in [1.54, 1.807) is 0 Å². The third-order valence-corrected chi connectivity index (χ3v) is 3.06. The van der Waals surface area contributed by atoms with Gasteiger partial charge in [-0.1, -0.05) is 0 Å². The Morgan fingerprint density at radius 3 is 2.67 bits per heavy atom. The highest BCUT2D eigenvalue weighted by Crippen LogP contribution is 2.31. The molecule has 0 fully saturated rings. The highest BCUT2D eigenvalue weighted by atomic mass is 79.9. The first-order chi connectivity index (χ1) is 8.49. The Labute approximate surface area is 110 Å². The van der Waals surface area contributed by atoms with Crippen molar-refractivity contribution in [2.45, 2.75) is 13.0 Å². The van der Waals surface area contributed by atoms with E-state index in [0.29, 0.717) is 6.29 Å². The minimum atomic E-state index is -3.02. The van der Waals surface area contributed by atoms with E-state index in [0.717, 1.165) is 0 Å². The monoisotopic (exact) mass is 322 g/mol. The molecule has 18 heavy (non-hydrogen) atoms. The number of hydrogen-bond acceptors (Lipinski definition) is 4. The number of benzene rings is 1. The van der Waals surface area contributed by atoms with Crippen LogP contribution in [-0.4, -0.2) is 26.0 Å². The van der Waals surface area contributed by atoms with Crippen molar-refractivity contribution in [2.75, 3.05) is 7.11 Å². The predicted molar refractivity (Wildman–Crippen MR) is 61.9 cm³/mol. The first kappa shape index (κ1) is 14.6. The van der Waals surface area contributed by atoms with E-state index in [1.807, 2.05) is 0 Å². The fourth-order valence-electron chi connectivity index (χ4n) is 1.30. The SMILES string of the molecule is COC(=O)Cc1c(OC(F)F)ccc(C=O)c1Br. The molecule has 0 aliphatic carbocycles. The summed E-state index contributed by atoms with van der Waals surface area (Å²) in [5.41, 5.74) is 0.377. The van der Waals surface area contributed by atoms with Crippen LogP contribution < -0.4 is 4.74 Å². The topological polar surface area (TPSA) is 52.6 Å². The lowest BCUT2D eigenvalue weighted by atomic mass is 10.1. The largest absolute Gasteiger partial charge is 0.469 e. The molecule has 98 valence electrons. The van der Waals surface area contributed by atoms with Crippen molar-refractivity contribution in [3.63, 3.8) is 0 Å². The van der Waals surface area contributed by atoms with Gasteiger partial charge in [-0.3, -0.25) is 9.59 Å². The maximum atomic E-state index is 12.2. The number of methoxy groups -OCH3 is 1. The molecule has 0 radical (unpaired) electrons. The second kappa shape index (κ2) is 6.44. The molecule has 0 unspecified atom stereocenters. The number of rotatable bonds is 5. The first-order valence-electron chi connectivity index (χ1n) is 4.77. The fraction of sp³-hybridized carbons (Fsp3) is 0.273. The summed E-state index contributed by atoms with van der Waals surface area (Å²) in [6.45, 7) is -3.02. The molecule has 1 aromatic rings. The van der Waals surface area contributed by atoms with E-state index in [-0.39, 0.29) is 27.8 Å². The Hall–Kier alpha value is -1.50. The maximum Gasteiger partial charge on any atom is 0.387 e. The van der Waals surface area contributed by atoms with Gasteiger partial charge in [-0.15, -0.1) is 0 Å². The highest BCUT2D eigenvalue weighted by molar-refractivity contribution is 9.10. The van der Waals surface area contributed by atoms with E-state index >= 15 is 0 Å². The highest BCUT2D eigenvalue weighted by Gasteiger charge is 2.18. The average Bonchev–Trinajstić information content (AvgIpc) is 2.33. The van der Waals surface area contributed by atoms with Crippen molar-refractivity contribution in [3.05, 3.63) is 27.7 Å². The molecule has 0 heterocycles. The molecule has 0 amide bonds. The molecule has 0 aliphatic rings. The van der Waals surface area contributed by atoms with Crippen LogP contribution in [0.5, 0.6) is 5.75 Å². The van der Waals surface area contributed by atoms with Gasteiger partial charge >= 0.3 is 12.6 Å². The third-order valence-electron chi connectivity index (χ3n) is 2.12. The van der Waals surface area contributed by atoms with Crippen LogP contribution in [0.4, 0.5) is 8.78 Å². The van der Waals surface area contributed by atoms with Crippen molar-refractivity contribution in [3.8, 4) is 5.75 Å². The zero-order valence-corrected chi connectivity index (χ0v) is 10.9. The number of alkyl halides is 2. The number of carbonyl (C=O) groups excluding carboxylic acids is 2. The van der Waals surface area contributed by atoms with Crippen molar-refractivity contribution >= 4 is 28.2 Å². The standard InChI is InChI=1S/C11H9BrF2O4/c1-17-9(16)4-7-8(18-11(13)14)3-2-6(5-15)10(7)12/h2-3,5,11H,4H2,1H3. The number of carbonyl (C=O) groups is 2. The van der Waals surface area contributed by atoms with Gasteiger partial charge in [0.2, 0.25) is 0 Å². The lowest BCUT2D eigenvalue weighted by molar-refractivity contribution is -0.139. The Morgan fingerprint density at radius 1 is 1.50 bits per heavy atom. The van der Waals surface area contributed by atoms with Gasteiger partial charge in [0.1, 0.15) is 5.75 Å². The van der Waals surface area contributed by atoms with Crippen LogP contribution in [0.3, 0.4) is 0 Å². The van der Waals surface area contributed by atoms with Gasteiger partial charge in [0.25, 0.3) is 0 Å². The summed E-state index contributed by atoms with van der Waals surface area (Å²) in [5.74, 6) is -0.800. The number of esters is 1. The van der Waals surface area contributed by atoms with Crippen molar-refractivity contribution in [2.24, 2.45) is 0 Å². The van der Waals surface area contributed by atoms with Crippen molar-refractivity contribution in [1.29, 1.82) is 0 Å². The summed E-state index contributed by atoms with van der Waals surface area (Å²) >= 11 is 3.08.